The van der Waals surface area contributed by atoms with E-state index >= 15 is 0 Å². The molecule has 2 aromatic heterocycles. The van der Waals surface area contributed by atoms with Crippen LogP contribution in [0.2, 0.25) is 0 Å². The second-order valence-electron chi connectivity index (χ2n) is 3.44. The van der Waals surface area contributed by atoms with Gasteiger partial charge >= 0.3 is 6.18 Å². The smallest absolute Gasteiger partial charge is 0.434 e. The van der Waals surface area contributed by atoms with E-state index in [1.54, 1.807) is 0 Å². The minimum atomic E-state index is -4.53. The summed E-state index contributed by atoms with van der Waals surface area (Å²) in [4.78, 5) is 11.2. The number of rotatable bonds is 3. The Kier molecular flexibility index (Phi) is 3.67. The van der Waals surface area contributed by atoms with Gasteiger partial charge in [-0.2, -0.15) is 13.2 Å². The molecule has 0 unspecified atom stereocenters. The van der Waals surface area contributed by atoms with Crippen LogP contribution in [0.3, 0.4) is 0 Å². The summed E-state index contributed by atoms with van der Waals surface area (Å²) in [6, 6.07) is 1.42. The first-order valence-corrected chi connectivity index (χ1v) is 5.90. The van der Waals surface area contributed by atoms with E-state index < -0.39 is 11.9 Å². The molecule has 2 rings (SSSR count). The standard InChI is InChI=1S/C10H9F3N4OS/c1-18-7-2-5(15-4-16-7)9-17-8(10(11,12)13)6(3-14)19-9/h2,4H,3,14H2,1H3. The van der Waals surface area contributed by atoms with Crippen molar-refractivity contribution in [1.82, 2.24) is 15.0 Å². The zero-order valence-electron chi connectivity index (χ0n) is 9.73. The minimum Gasteiger partial charge on any atom is -0.481 e. The molecule has 0 fully saturated rings. The Morgan fingerprint density at radius 2 is 2.11 bits per heavy atom. The van der Waals surface area contributed by atoms with E-state index in [2.05, 4.69) is 15.0 Å². The summed E-state index contributed by atoms with van der Waals surface area (Å²) in [6.07, 6.45) is -3.33. The number of halogens is 3. The van der Waals surface area contributed by atoms with Crippen LogP contribution in [0.15, 0.2) is 12.4 Å². The van der Waals surface area contributed by atoms with Gasteiger partial charge in [0.2, 0.25) is 5.88 Å². The number of hydrogen-bond donors (Lipinski definition) is 1. The van der Waals surface area contributed by atoms with Crippen LogP contribution in [-0.4, -0.2) is 22.1 Å². The van der Waals surface area contributed by atoms with Crippen LogP contribution in [-0.2, 0) is 12.7 Å². The maximum Gasteiger partial charge on any atom is 0.434 e. The molecule has 0 saturated carbocycles. The van der Waals surface area contributed by atoms with Gasteiger partial charge in [0, 0.05) is 12.6 Å². The van der Waals surface area contributed by atoms with Crippen molar-refractivity contribution in [2.75, 3.05) is 7.11 Å². The molecule has 2 heterocycles. The van der Waals surface area contributed by atoms with Gasteiger partial charge in [-0.1, -0.05) is 0 Å². The third-order valence-corrected chi connectivity index (χ3v) is 3.32. The van der Waals surface area contributed by atoms with Crippen molar-refractivity contribution in [2.24, 2.45) is 5.73 Å². The van der Waals surface area contributed by atoms with E-state index in [1.165, 1.54) is 19.5 Å². The summed E-state index contributed by atoms with van der Waals surface area (Å²) >= 11 is 0.857. The Hall–Kier alpha value is -1.74. The molecular weight excluding hydrogens is 281 g/mol. The number of aromatic nitrogens is 3. The average Bonchev–Trinajstić information content (AvgIpc) is 2.83. The number of thiazole rings is 1. The number of ether oxygens (including phenoxy) is 1. The lowest BCUT2D eigenvalue weighted by Gasteiger charge is -2.03. The van der Waals surface area contributed by atoms with Gasteiger partial charge < -0.3 is 10.5 Å². The third-order valence-electron chi connectivity index (χ3n) is 2.22. The van der Waals surface area contributed by atoms with Gasteiger partial charge in [0.05, 0.1) is 12.0 Å². The summed E-state index contributed by atoms with van der Waals surface area (Å²) in [7, 11) is 1.40. The maximum absolute atomic E-state index is 12.7. The molecule has 0 saturated heterocycles. The highest BCUT2D eigenvalue weighted by atomic mass is 32.1. The molecule has 0 radical (unpaired) electrons. The van der Waals surface area contributed by atoms with E-state index in [0.29, 0.717) is 0 Å². The van der Waals surface area contributed by atoms with Gasteiger partial charge in [-0.3, -0.25) is 0 Å². The monoisotopic (exact) mass is 290 g/mol. The largest absolute Gasteiger partial charge is 0.481 e. The van der Waals surface area contributed by atoms with Crippen molar-refractivity contribution in [2.45, 2.75) is 12.7 Å². The highest BCUT2D eigenvalue weighted by Crippen LogP contribution is 2.37. The number of nitrogens with zero attached hydrogens (tertiary/aromatic N) is 3. The Morgan fingerprint density at radius 1 is 1.37 bits per heavy atom. The number of hydrogen-bond acceptors (Lipinski definition) is 6. The topological polar surface area (TPSA) is 73.9 Å². The van der Waals surface area contributed by atoms with Crippen molar-refractivity contribution < 1.29 is 17.9 Å². The fourth-order valence-corrected chi connectivity index (χ4v) is 2.32. The van der Waals surface area contributed by atoms with Crippen molar-refractivity contribution >= 4 is 11.3 Å². The Balaban J connectivity index is 2.48. The first-order valence-electron chi connectivity index (χ1n) is 5.09. The van der Waals surface area contributed by atoms with Crippen molar-refractivity contribution in [3.8, 4) is 16.6 Å². The van der Waals surface area contributed by atoms with E-state index in [9.17, 15) is 13.2 Å². The molecule has 0 amide bonds. The molecular formula is C10H9F3N4OS. The van der Waals surface area contributed by atoms with Crippen LogP contribution in [0.5, 0.6) is 5.88 Å². The summed E-state index contributed by atoms with van der Waals surface area (Å²) in [5, 5.41) is 0.133. The normalized spacial score (nSPS) is 11.6. The van der Waals surface area contributed by atoms with Gasteiger partial charge in [-0.25, -0.2) is 15.0 Å². The lowest BCUT2D eigenvalue weighted by molar-refractivity contribution is -0.141. The molecule has 2 aromatic rings. The van der Waals surface area contributed by atoms with Gasteiger partial charge in [-0.05, 0) is 0 Å². The summed E-state index contributed by atoms with van der Waals surface area (Å²) in [6.45, 7) is -0.227. The predicted octanol–water partition coefficient (Wildman–Crippen LogP) is 2.09. The summed E-state index contributed by atoms with van der Waals surface area (Å²) in [5.41, 5.74) is 4.61. The van der Waals surface area contributed by atoms with Gasteiger partial charge in [0.15, 0.2) is 5.69 Å². The van der Waals surface area contributed by atoms with Crippen LogP contribution < -0.4 is 10.5 Å². The van der Waals surface area contributed by atoms with Crippen LogP contribution in [0, 0.1) is 0 Å². The Morgan fingerprint density at radius 3 is 2.63 bits per heavy atom. The lowest BCUT2D eigenvalue weighted by atomic mass is 10.3. The molecule has 2 N–H and O–H groups in total. The van der Waals surface area contributed by atoms with Gasteiger partial charge in [-0.15, -0.1) is 11.3 Å². The van der Waals surface area contributed by atoms with Crippen LogP contribution >= 0.6 is 11.3 Å². The summed E-state index contributed by atoms with van der Waals surface area (Å²) in [5.74, 6) is 0.253. The number of alkyl halides is 3. The molecule has 19 heavy (non-hydrogen) atoms. The maximum atomic E-state index is 12.7. The molecule has 0 aromatic carbocycles. The molecule has 102 valence electrons. The van der Waals surface area contributed by atoms with E-state index in [0.717, 1.165) is 11.3 Å². The fraction of sp³-hybridized carbons (Fsp3) is 0.300. The molecule has 0 aliphatic rings. The molecule has 0 bridgehead atoms. The SMILES string of the molecule is COc1cc(-c2nc(C(F)(F)F)c(CN)s2)ncn1. The molecule has 9 heteroatoms. The second-order valence-corrected chi connectivity index (χ2v) is 4.52. The highest BCUT2D eigenvalue weighted by molar-refractivity contribution is 7.15. The summed E-state index contributed by atoms with van der Waals surface area (Å²) < 4.78 is 43.1. The predicted molar refractivity (Wildman–Crippen MR) is 62.6 cm³/mol. The number of methoxy groups -OCH3 is 1. The highest BCUT2D eigenvalue weighted by Gasteiger charge is 2.37. The number of nitrogens with two attached hydrogens (primary N) is 1. The van der Waals surface area contributed by atoms with Crippen molar-refractivity contribution in [3.63, 3.8) is 0 Å². The van der Waals surface area contributed by atoms with Crippen molar-refractivity contribution in [3.05, 3.63) is 23.0 Å². The fourth-order valence-electron chi connectivity index (χ4n) is 1.39. The van der Waals surface area contributed by atoms with Gasteiger partial charge in [0.1, 0.15) is 17.0 Å². The lowest BCUT2D eigenvalue weighted by Crippen LogP contribution is -2.10. The minimum absolute atomic E-state index is 0.0277. The Bertz CT molecular complexity index is 584. The van der Waals surface area contributed by atoms with E-state index in [1.807, 2.05) is 0 Å². The zero-order valence-corrected chi connectivity index (χ0v) is 10.5. The van der Waals surface area contributed by atoms with Crippen LogP contribution in [0.1, 0.15) is 10.6 Å². The quantitative estimate of drug-likeness (QED) is 0.937. The second kappa shape index (κ2) is 5.10. The molecule has 0 aliphatic carbocycles. The van der Waals surface area contributed by atoms with Crippen molar-refractivity contribution in [1.29, 1.82) is 0 Å². The average molecular weight is 290 g/mol. The van der Waals surface area contributed by atoms with Crippen LogP contribution in [0.25, 0.3) is 10.7 Å². The zero-order chi connectivity index (χ0) is 14.0. The van der Waals surface area contributed by atoms with Crippen LogP contribution in [0.4, 0.5) is 13.2 Å². The third kappa shape index (κ3) is 2.82. The molecule has 0 aliphatic heterocycles. The molecule has 5 nitrogen and oxygen atoms in total. The van der Waals surface area contributed by atoms with E-state index in [-0.39, 0.29) is 28.0 Å². The molecule has 0 spiro atoms. The first kappa shape index (κ1) is 13.7. The first-order chi connectivity index (χ1) is 8.95. The molecule has 0 atom stereocenters. The van der Waals surface area contributed by atoms with E-state index in [4.69, 9.17) is 10.5 Å². The Labute approximate surface area is 110 Å². The van der Waals surface area contributed by atoms with Gasteiger partial charge in [0.25, 0.3) is 0 Å².